The molecule has 1 heteroatoms. The standard InChI is InChI=1S/C11H21.Li/c1-8(2)10-5-6-11(7-10)9(3)4;/h7-11H,5-6H2,1-4H3;/q-1;+1. The van der Waals surface area contributed by atoms with Gasteiger partial charge in [-0.3, -0.25) is 0 Å². The Balaban J connectivity index is 0.00000121. The van der Waals surface area contributed by atoms with Crippen LogP contribution in [0.3, 0.4) is 0 Å². The zero-order valence-electron chi connectivity index (χ0n) is 9.30. The van der Waals surface area contributed by atoms with Crippen LogP contribution < -0.4 is 18.9 Å². The van der Waals surface area contributed by atoms with Crippen molar-refractivity contribution in [1.29, 1.82) is 0 Å². The molecule has 1 rings (SSSR count). The summed E-state index contributed by atoms with van der Waals surface area (Å²) in [5.41, 5.74) is 0. The predicted molar refractivity (Wildman–Crippen MR) is 50.2 cm³/mol. The van der Waals surface area contributed by atoms with Gasteiger partial charge in [-0.15, -0.1) is 0 Å². The molecule has 0 nitrogen and oxygen atoms in total. The van der Waals surface area contributed by atoms with Gasteiger partial charge < -0.3 is 6.42 Å². The van der Waals surface area contributed by atoms with Crippen LogP contribution in [-0.2, 0) is 0 Å². The molecule has 2 unspecified atom stereocenters. The Kier molecular flexibility index (Phi) is 5.62. The molecule has 66 valence electrons. The molecule has 1 aliphatic carbocycles. The van der Waals surface area contributed by atoms with Crippen LogP contribution in [0.2, 0.25) is 0 Å². The Morgan fingerprint density at radius 3 is 1.42 bits per heavy atom. The molecule has 0 heterocycles. The zero-order chi connectivity index (χ0) is 8.43. The van der Waals surface area contributed by atoms with Gasteiger partial charge in [0.05, 0.1) is 0 Å². The van der Waals surface area contributed by atoms with Gasteiger partial charge in [-0.1, -0.05) is 52.4 Å². The molecule has 0 aliphatic heterocycles. The molecular weight excluding hydrogens is 139 g/mol. The van der Waals surface area contributed by atoms with Crippen molar-refractivity contribution in [3.8, 4) is 0 Å². The van der Waals surface area contributed by atoms with Crippen molar-refractivity contribution >= 4 is 0 Å². The van der Waals surface area contributed by atoms with Crippen LogP contribution >= 0.6 is 0 Å². The fraction of sp³-hybridized carbons (Fsp3) is 0.909. The van der Waals surface area contributed by atoms with Crippen LogP contribution in [0.4, 0.5) is 0 Å². The first-order chi connectivity index (χ1) is 5.11. The number of rotatable bonds is 2. The van der Waals surface area contributed by atoms with Crippen molar-refractivity contribution in [2.75, 3.05) is 0 Å². The normalized spacial score (nSPS) is 29.5. The van der Waals surface area contributed by atoms with Crippen LogP contribution in [0, 0.1) is 30.1 Å². The molecule has 0 saturated heterocycles. The summed E-state index contributed by atoms with van der Waals surface area (Å²) >= 11 is 0. The van der Waals surface area contributed by atoms with E-state index in [1.54, 1.807) is 0 Å². The van der Waals surface area contributed by atoms with E-state index in [-0.39, 0.29) is 18.9 Å². The van der Waals surface area contributed by atoms with Crippen molar-refractivity contribution in [2.45, 2.75) is 40.5 Å². The molecule has 0 aromatic carbocycles. The number of hydrogen-bond acceptors (Lipinski definition) is 0. The first kappa shape index (κ1) is 12.6. The molecule has 2 atom stereocenters. The fourth-order valence-corrected chi connectivity index (χ4v) is 2.01. The summed E-state index contributed by atoms with van der Waals surface area (Å²) in [4.78, 5) is 0. The second kappa shape index (κ2) is 5.35. The van der Waals surface area contributed by atoms with Gasteiger partial charge >= 0.3 is 18.9 Å². The smallest absolute Gasteiger partial charge is 0.322 e. The van der Waals surface area contributed by atoms with E-state index < -0.39 is 0 Å². The SMILES string of the molecule is CC(C)C1[CH-]C(C(C)C)CC1.[Li+]. The average molecular weight is 160 g/mol. The molecule has 0 N–H and O–H groups in total. The first-order valence-electron chi connectivity index (χ1n) is 4.96. The zero-order valence-corrected chi connectivity index (χ0v) is 9.30. The van der Waals surface area contributed by atoms with Crippen LogP contribution in [0.1, 0.15) is 40.5 Å². The van der Waals surface area contributed by atoms with Gasteiger partial charge in [0.25, 0.3) is 0 Å². The first-order valence-corrected chi connectivity index (χ1v) is 4.96. The maximum Gasteiger partial charge on any atom is 1.00 e. The summed E-state index contributed by atoms with van der Waals surface area (Å²) in [5.74, 6) is 3.53. The van der Waals surface area contributed by atoms with E-state index >= 15 is 0 Å². The molecule has 1 saturated carbocycles. The maximum atomic E-state index is 2.59. The molecule has 0 aromatic rings. The van der Waals surface area contributed by atoms with Gasteiger partial charge in [-0.05, 0) is 0 Å². The maximum absolute atomic E-state index is 2.59. The minimum atomic E-state index is 0. The van der Waals surface area contributed by atoms with Crippen molar-refractivity contribution < 1.29 is 18.9 Å². The quantitative estimate of drug-likeness (QED) is 0.408. The molecule has 0 radical (unpaired) electrons. The summed E-state index contributed by atoms with van der Waals surface area (Å²) in [6.45, 7) is 9.35. The molecule has 12 heavy (non-hydrogen) atoms. The van der Waals surface area contributed by atoms with E-state index in [2.05, 4.69) is 34.1 Å². The largest absolute Gasteiger partial charge is 1.00 e. The van der Waals surface area contributed by atoms with Crippen LogP contribution in [0.15, 0.2) is 0 Å². The van der Waals surface area contributed by atoms with Crippen LogP contribution in [0.25, 0.3) is 0 Å². The van der Waals surface area contributed by atoms with Crippen molar-refractivity contribution in [3.63, 3.8) is 0 Å². The molecule has 0 aromatic heterocycles. The van der Waals surface area contributed by atoms with E-state index in [0.29, 0.717) is 0 Å². The average Bonchev–Trinajstić information content (AvgIpc) is 2.33. The van der Waals surface area contributed by atoms with Gasteiger partial charge in [0.1, 0.15) is 0 Å². The summed E-state index contributed by atoms with van der Waals surface area (Å²) in [7, 11) is 0. The molecule has 1 fully saturated rings. The summed E-state index contributed by atoms with van der Waals surface area (Å²) in [6, 6.07) is 0. The van der Waals surface area contributed by atoms with Crippen LogP contribution in [0.5, 0.6) is 0 Å². The summed E-state index contributed by atoms with van der Waals surface area (Å²) < 4.78 is 0. The van der Waals surface area contributed by atoms with Gasteiger partial charge in [-0.2, -0.15) is 11.8 Å². The predicted octanol–water partition coefficient (Wildman–Crippen LogP) is 0.533. The van der Waals surface area contributed by atoms with E-state index in [1.165, 1.54) is 12.8 Å². The summed E-state index contributed by atoms with van der Waals surface area (Å²) in [5, 5.41) is 0. The van der Waals surface area contributed by atoms with Gasteiger partial charge in [0.15, 0.2) is 0 Å². The second-order valence-corrected chi connectivity index (χ2v) is 4.59. The third kappa shape index (κ3) is 3.15. The van der Waals surface area contributed by atoms with Crippen molar-refractivity contribution in [2.24, 2.45) is 23.7 Å². The Bertz CT molecular complexity index is 104. The topological polar surface area (TPSA) is 0 Å². The Morgan fingerprint density at radius 1 is 0.917 bits per heavy atom. The van der Waals surface area contributed by atoms with E-state index in [9.17, 15) is 0 Å². The number of hydrogen-bond donors (Lipinski definition) is 0. The van der Waals surface area contributed by atoms with E-state index in [0.717, 1.165) is 23.7 Å². The monoisotopic (exact) mass is 160 g/mol. The van der Waals surface area contributed by atoms with Gasteiger partial charge in [0, 0.05) is 0 Å². The van der Waals surface area contributed by atoms with Gasteiger partial charge in [-0.25, -0.2) is 0 Å². The van der Waals surface area contributed by atoms with Crippen molar-refractivity contribution in [1.82, 2.24) is 0 Å². The second-order valence-electron chi connectivity index (χ2n) is 4.59. The summed E-state index contributed by atoms with van der Waals surface area (Å²) in [6.07, 6.45) is 5.45. The molecule has 0 amide bonds. The van der Waals surface area contributed by atoms with Gasteiger partial charge in [0.2, 0.25) is 0 Å². The van der Waals surface area contributed by atoms with E-state index in [4.69, 9.17) is 0 Å². The molecule has 0 bridgehead atoms. The third-order valence-electron chi connectivity index (χ3n) is 3.04. The van der Waals surface area contributed by atoms with E-state index in [1.807, 2.05) is 0 Å². The van der Waals surface area contributed by atoms with Crippen molar-refractivity contribution in [3.05, 3.63) is 6.42 Å². The Labute approximate surface area is 89.7 Å². The minimum absolute atomic E-state index is 0. The molecular formula is C11H21Li. The minimum Gasteiger partial charge on any atom is -0.322 e. The van der Waals surface area contributed by atoms with Crippen LogP contribution in [-0.4, -0.2) is 0 Å². The molecule has 0 spiro atoms. The fourth-order valence-electron chi connectivity index (χ4n) is 2.01. The third-order valence-corrected chi connectivity index (χ3v) is 3.04. The Morgan fingerprint density at radius 2 is 1.25 bits per heavy atom. The Hall–Kier alpha value is 0.597. The molecule has 1 aliphatic rings.